The molecule has 0 unspecified atom stereocenters. The van der Waals surface area contributed by atoms with E-state index in [-0.39, 0.29) is 0 Å². The topological polar surface area (TPSA) is 58.5 Å². The first-order chi connectivity index (χ1) is 12.8. The van der Waals surface area contributed by atoms with Gasteiger partial charge in [0.1, 0.15) is 12.4 Å². The van der Waals surface area contributed by atoms with Crippen molar-refractivity contribution >= 4 is 11.1 Å². The van der Waals surface area contributed by atoms with E-state index < -0.39 is 5.76 Å². The summed E-state index contributed by atoms with van der Waals surface area (Å²) in [5.74, 6) is 0.384. The zero-order valence-corrected chi connectivity index (χ0v) is 14.9. The van der Waals surface area contributed by atoms with Gasteiger partial charge in [-0.25, -0.2) is 4.79 Å². The Kier molecular flexibility index (Phi) is 5.07. The van der Waals surface area contributed by atoms with E-state index in [1.165, 1.54) is 24.8 Å². The van der Waals surface area contributed by atoms with Gasteiger partial charge >= 0.3 is 5.76 Å². The standard InChI is InChI=1S/C21H24N2O3/c24-21-22-20-17(15-16-7-3-1-4-8-16)18(9-10-19(20)26-21)25-14-13-23-11-5-2-6-12-23/h1,3-4,7-10H,2,5-6,11-15H2,(H,22,24). The van der Waals surface area contributed by atoms with E-state index in [0.717, 1.165) is 36.5 Å². The number of hydrogen-bond acceptors (Lipinski definition) is 4. The number of ether oxygens (including phenoxy) is 1. The Morgan fingerprint density at radius 3 is 2.65 bits per heavy atom. The number of piperidine rings is 1. The van der Waals surface area contributed by atoms with Crippen LogP contribution in [0.5, 0.6) is 5.75 Å². The molecule has 0 radical (unpaired) electrons. The third-order valence-electron chi connectivity index (χ3n) is 5.00. The Morgan fingerprint density at radius 1 is 1.04 bits per heavy atom. The maximum Gasteiger partial charge on any atom is 0.417 e. The number of hydrogen-bond donors (Lipinski definition) is 1. The Labute approximate surface area is 152 Å². The molecular formula is C21H24N2O3. The monoisotopic (exact) mass is 352 g/mol. The third kappa shape index (κ3) is 3.83. The molecule has 2 aromatic carbocycles. The fourth-order valence-electron chi connectivity index (χ4n) is 3.64. The minimum absolute atomic E-state index is 0.431. The normalized spacial score (nSPS) is 15.4. The zero-order chi connectivity index (χ0) is 17.8. The highest BCUT2D eigenvalue weighted by atomic mass is 16.5. The highest BCUT2D eigenvalue weighted by molar-refractivity contribution is 5.79. The number of nitrogens with one attached hydrogen (secondary N) is 1. The van der Waals surface area contributed by atoms with Crippen LogP contribution >= 0.6 is 0 Å². The highest BCUT2D eigenvalue weighted by Gasteiger charge is 2.15. The molecule has 0 bridgehead atoms. The van der Waals surface area contributed by atoms with E-state index in [4.69, 9.17) is 9.15 Å². The molecule has 5 nitrogen and oxygen atoms in total. The summed E-state index contributed by atoms with van der Waals surface area (Å²) in [6, 6.07) is 13.9. The predicted octanol–water partition coefficient (Wildman–Crippen LogP) is 3.58. The number of likely N-dealkylation sites (tertiary alicyclic amines) is 1. The van der Waals surface area contributed by atoms with Gasteiger partial charge in [-0.2, -0.15) is 0 Å². The van der Waals surface area contributed by atoms with Gasteiger partial charge in [0.05, 0.1) is 5.52 Å². The van der Waals surface area contributed by atoms with Gasteiger partial charge in [-0.3, -0.25) is 9.88 Å². The highest BCUT2D eigenvalue weighted by Crippen LogP contribution is 2.29. The molecule has 1 fully saturated rings. The Balaban J connectivity index is 1.56. The first kappa shape index (κ1) is 16.9. The summed E-state index contributed by atoms with van der Waals surface area (Å²) in [5.41, 5.74) is 3.44. The van der Waals surface area contributed by atoms with Crippen molar-refractivity contribution in [1.82, 2.24) is 9.88 Å². The van der Waals surface area contributed by atoms with Gasteiger partial charge in [0.25, 0.3) is 0 Å². The lowest BCUT2D eigenvalue weighted by molar-refractivity contribution is 0.183. The van der Waals surface area contributed by atoms with Gasteiger partial charge < -0.3 is 9.15 Å². The van der Waals surface area contributed by atoms with Gasteiger partial charge in [0, 0.05) is 18.5 Å². The Bertz CT molecular complexity index is 908. The molecule has 5 heteroatoms. The van der Waals surface area contributed by atoms with Crippen LogP contribution < -0.4 is 10.5 Å². The molecule has 0 amide bonds. The second-order valence-corrected chi connectivity index (χ2v) is 6.84. The number of fused-ring (bicyclic) bond motifs is 1. The van der Waals surface area contributed by atoms with Gasteiger partial charge in [0.2, 0.25) is 0 Å². The number of aromatic amines is 1. The number of H-pyrrole nitrogens is 1. The molecule has 1 aliphatic rings. The van der Waals surface area contributed by atoms with Crippen molar-refractivity contribution < 1.29 is 9.15 Å². The summed E-state index contributed by atoms with van der Waals surface area (Å²) in [5, 5.41) is 0. The van der Waals surface area contributed by atoms with Crippen LogP contribution in [0.15, 0.2) is 51.7 Å². The van der Waals surface area contributed by atoms with Crippen molar-refractivity contribution in [2.75, 3.05) is 26.2 Å². The van der Waals surface area contributed by atoms with E-state index in [1.807, 2.05) is 24.3 Å². The van der Waals surface area contributed by atoms with Crippen LogP contribution in [-0.2, 0) is 6.42 Å². The Hall–Kier alpha value is -2.53. The molecule has 1 aliphatic heterocycles. The predicted molar refractivity (Wildman–Crippen MR) is 102 cm³/mol. The summed E-state index contributed by atoms with van der Waals surface area (Å²) in [7, 11) is 0. The van der Waals surface area contributed by atoms with Crippen LogP contribution in [0.3, 0.4) is 0 Å². The Morgan fingerprint density at radius 2 is 1.85 bits per heavy atom. The lowest BCUT2D eigenvalue weighted by Crippen LogP contribution is -2.33. The number of benzene rings is 2. The van der Waals surface area contributed by atoms with Crippen molar-refractivity contribution in [1.29, 1.82) is 0 Å². The van der Waals surface area contributed by atoms with Gasteiger partial charge in [-0.1, -0.05) is 36.8 Å². The summed E-state index contributed by atoms with van der Waals surface area (Å²) >= 11 is 0. The maximum absolute atomic E-state index is 11.7. The summed E-state index contributed by atoms with van der Waals surface area (Å²) in [4.78, 5) is 16.9. The maximum atomic E-state index is 11.7. The van der Waals surface area contributed by atoms with Crippen molar-refractivity contribution in [2.45, 2.75) is 25.7 Å². The lowest BCUT2D eigenvalue weighted by Gasteiger charge is -2.26. The molecule has 1 saturated heterocycles. The molecule has 26 heavy (non-hydrogen) atoms. The number of rotatable bonds is 6. The van der Waals surface area contributed by atoms with E-state index in [9.17, 15) is 4.79 Å². The summed E-state index contributed by atoms with van der Waals surface area (Å²) in [6.07, 6.45) is 4.58. The van der Waals surface area contributed by atoms with Crippen molar-refractivity contribution in [2.24, 2.45) is 0 Å². The average molecular weight is 352 g/mol. The molecule has 0 aliphatic carbocycles. The van der Waals surface area contributed by atoms with Gasteiger partial charge in [0.15, 0.2) is 5.58 Å². The van der Waals surface area contributed by atoms with Crippen LogP contribution in [0.2, 0.25) is 0 Å². The molecule has 3 aromatic rings. The van der Waals surface area contributed by atoms with E-state index in [1.54, 1.807) is 6.07 Å². The van der Waals surface area contributed by atoms with Crippen LogP contribution in [0.4, 0.5) is 0 Å². The van der Waals surface area contributed by atoms with Crippen molar-refractivity contribution in [3.8, 4) is 5.75 Å². The third-order valence-corrected chi connectivity index (χ3v) is 5.00. The molecule has 0 atom stereocenters. The van der Waals surface area contributed by atoms with Crippen LogP contribution in [0.1, 0.15) is 30.4 Å². The number of aromatic nitrogens is 1. The van der Waals surface area contributed by atoms with Gasteiger partial charge in [-0.05, 0) is 43.6 Å². The molecule has 2 heterocycles. The lowest BCUT2D eigenvalue weighted by atomic mass is 10.0. The number of oxazole rings is 1. The van der Waals surface area contributed by atoms with Crippen molar-refractivity contribution in [3.63, 3.8) is 0 Å². The van der Waals surface area contributed by atoms with E-state index in [2.05, 4.69) is 22.0 Å². The molecule has 4 rings (SSSR count). The molecule has 1 aromatic heterocycles. The first-order valence-electron chi connectivity index (χ1n) is 9.33. The second kappa shape index (κ2) is 7.79. The van der Waals surface area contributed by atoms with E-state index in [0.29, 0.717) is 18.6 Å². The number of nitrogens with zero attached hydrogens (tertiary/aromatic N) is 1. The SMILES string of the molecule is O=c1[nH]c2c(Cc3ccccc3)c(OCCN3CCCCC3)ccc2o1. The molecule has 1 N–H and O–H groups in total. The minimum Gasteiger partial charge on any atom is -0.492 e. The quantitative estimate of drug-likeness (QED) is 0.737. The first-order valence-corrected chi connectivity index (χ1v) is 9.33. The second-order valence-electron chi connectivity index (χ2n) is 6.84. The van der Waals surface area contributed by atoms with Gasteiger partial charge in [-0.15, -0.1) is 0 Å². The molecular weight excluding hydrogens is 328 g/mol. The fourth-order valence-corrected chi connectivity index (χ4v) is 3.64. The zero-order valence-electron chi connectivity index (χ0n) is 14.9. The van der Waals surface area contributed by atoms with Crippen LogP contribution in [0, 0.1) is 0 Å². The molecule has 0 spiro atoms. The fraction of sp³-hybridized carbons (Fsp3) is 0.381. The van der Waals surface area contributed by atoms with Crippen molar-refractivity contribution in [3.05, 3.63) is 64.1 Å². The smallest absolute Gasteiger partial charge is 0.417 e. The summed E-state index contributed by atoms with van der Waals surface area (Å²) in [6.45, 7) is 3.91. The van der Waals surface area contributed by atoms with Crippen LogP contribution in [-0.4, -0.2) is 36.1 Å². The van der Waals surface area contributed by atoms with Crippen LogP contribution in [0.25, 0.3) is 11.1 Å². The largest absolute Gasteiger partial charge is 0.492 e. The minimum atomic E-state index is -0.431. The average Bonchev–Trinajstić information content (AvgIpc) is 3.06. The summed E-state index contributed by atoms with van der Waals surface area (Å²) < 4.78 is 11.4. The molecule has 0 saturated carbocycles. The van der Waals surface area contributed by atoms with E-state index >= 15 is 0 Å². The molecule has 136 valence electrons.